The molecule has 0 aromatic rings. The Labute approximate surface area is 306 Å². The van der Waals surface area contributed by atoms with Gasteiger partial charge in [0.2, 0.25) is 5.91 Å². The van der Waals surface area contributed by atoms with Crippen LogP contribution in [0.3, 0.4) is 0 Å². The van der Waals surface area contributed by atoms with Gasteiger partial charge in [-0.2, -0.15) is 0 Å². The van der Waals surface area contributed by atoms with Gasteiger partial charge in [-0.1, -0.05) is 48.5 Å². The number of hydrogen-bond donors (Lipinski definition) is 3. The van der Waals surface area contributed by atoms with E-state index in [0.29, 0.717) is 18.3 Å². The molecular weight excluding hydrogens is 652 g/mol. The molecule has 50 heavy (non-hydrogen) atoms. The van der Waals surface area contributed by atoms with E-state index < -0.39 is 22.9 Å². The summed E-state index contributed by atoms with van der Waals surface area (Å²) in [5, 5.41) is 16.6. The lowest BCUT2D eigenvalue weighted by Crippen LogP contribution is -2.67. The molecule has 0 aromatic carbocycles. The van der Waals surface area contributed by atoms with Crippen molar-refractivity contribution in [2.24, 2.45) is 56.7 Å². The number of ketones is 1. The van der Waals surface area contributed by atoms with Crippen molar-refractivity contribution in [2.45, 2.75) is 151 Å². The second kappa shape index (κ2) is 13.2. The van der Waals surface area contributed by atoms with Gasteiger partial charge < -0.3 is 20.5 Å². The predicted octanol–water partition coefficient (Wildman–Crippen LogP) is 7.67. The van der Waals surface area contributed by atoms with Crippen molar-refractivity contribution in [3.8, 4) is 0 Å². The highest BCUT2D eigenvalue weighted by Crippen LogP contribution is 2.76. The van der Waals surface area contributed by atoms with Gasteiger partial charge in [-0.05, 0) is 142 Å². The normalized spacial score (nSPS) is 39.8. The quantitative estimate of drug-likeness (QED) is 0.231. The molecule has 0 unspecified atom stereocenters. The number of fused-ring (bicyclic) bond motifs is 7. The van der Waals surface area contributed by atoms with Crippen LogP contribution in [0.1, 0.15) is 139 Å². The summed E-state index contributed by atoms with van der Waals surface area (Å²) < 4.78 is 6.15. The van der Waals surface area contributed by atoms with Crippen molar-refractivity contribution in [1.82, 2.24) is 10.6 Å². The number of carboxylic acid groups (broad SMARTS) is 1. The third kappa shape index (κ3) is 5.89. The summed E-state index contributed by atoms with van der Waals surface area (Å²) in [5.41, 5.74) is 0.488. The van der Waals surface area contributed by atoms with Gasteiger partial charge in [-0.25, -0.2) is 0 Å². The largest absolute Gasteiger partial charge is 0.481 e. The highest BCUT2D eigenvalue weighted by molar-refractivity contribution is 6.02. The van der Waals surface area contributed by atoms with E-state index in [4.69, 9.17) is 4.74 Å². The van der Waals surface area contributed by atoms with Crippen LogP contribution in [-0.2, 0) is 23.9 Å². The minimum Gasteiger partial charge on any atom is -0.481 e. The van der Waals surface area contributed by atoms with Crippen molar-refractivity contribution in [3.05, 3.63) is 11.1 Å². The van der Waals surface area contributed by atoms with E-state index in [1.807, 2.05) is 0 Å². The Bertz CT molecular complexity index is 1430. The number of piperidine rings is 1. The summed E-state index contributed by atoms with van der Waals surface area (Å²) >= 11 is 0. The Morgan fingerprint density at radius 3 is 2.18 bits per heavy atom. The van der Waals surface area contributed by atoms with E-state index in [9.17, 15) is 24.3 Å². The first-order chi connectivity index (χ1) is 22.7. The number of amides is 1. The van der Waals surface area contributed by atoms with Gasteiger partial charge in [0.15, 0.2) is 5.78 Å². The molecule has 0 aromatic heterocycles. The van der Waals surface area contributed by atoms with Gasteiger partial charge >= 0.3 is 11.9 Å². The van der Waals surface area contributed by atoms with Gasteiger partial charge in [0.25, 0.3) is 0 Å². The lowest BCUT2D eigenvalue weighted by Gasteiger charge is -2.72. The fraction of sp³-hybridized carbons (Fsp3) is 0.854. The van der Waals surface area contributed by atoms with E-state index in [1.165, 1.54) is 5.57 Å². The molecule has 1 saturated heterocycles. The number of hydrogen-bond acceptors (Lipinski definition) is 6. The monoisotopic (exact) mass is 716 g/mol. The van der Waals surface area contributed by atoms with Crippen molar-refractivity contribution >= 4 is 36.0 Å². The molecule has 282 valence electrons. The van der Waals surface area contributed by atoms with Crippen molar-refractivity contribution < 1.29 is 29.0 Å². The lowest BCUT2D eigenvalue weighted by atomic mass is 9.33. The van der Waals surface area contributed by atoms with E-state index >= 15 is 0 Å². The Morgan fingerprint density at radius 2 is 1.56 bits per heavy atom. The number of carbonyl (C=O) groups is 4. The third-order valence-electron chi connectivity index (χ3n) is 15.9. The molecule has 4 saturated carbocycles. The van der Waals surface area contributed by atoms with Crippen LogP contribution in [-0.4, -0.2) is 53.5 Å². The van der Waals surface area contributed by atoms with E-state index in [2.05, 4.69) is 59.1 Å². The molecule has 5 aliphatic carbocycles. The zero-order chi connectivity index (χ0) is 35.9. The van der Waals surface area contributed by atoms with Gasteiger partial charge in [0.05, 0.1) is 17.4 Å². The highest BCUT2D eigenvalue weighted by Gasteiger charge is 2.70. The van der Waals surface area contributed by atoms with Crippen LogP contribution >= 0.6 is 12.4 Å². The second-order valence-electron chi connectivity index (χ2n) is 19.5. The first kappa shape index (κ1) is 39.3. The molecule has 1 heterocycles. The predicted molar refractivity (Wildman–Crippen MR) is 197 cm³/mol. The number of carbonyl (C=O) groups excluding carboxylic acids is 3. The Balaban J connectivity index is 0.00000486. The molecule has 0 bridgehead atoms. The van der Waals surface area contributed by atoms with E-state index in [0.717, 1.165) is 82.9 Å². The van der Waals surface area contributed by atoms with E-state index in [-0.39, 0.29) is 76.0 Å². The minimum absolute atomic E-state index is 0. The topological polar surface area (TPSA) is 122 Å². The number of halogens is 1. The lowest BCUT2D eigenvalue weighted by molar-refractivity contribution is -0.232. The Kier molecular flexibility index (Phi) is 10.4. The van der Waals surface area contributed by atoms with Crippen LogP contribution in [0.4, 0.5) is 0 Å². The van der Waals surface area contributed by atoms with Gasteiger partial charge in [-0.15, -0.1) is 12.4 Å². The number of allylic oxidation sites excluding steroid dienone is 1. The molecule has 5 fully saturated rings. The second-order valence-corrected chi connectivity index (χ2v) is 19.5. The van der Waals surface area contributed by atoms with Crippen LogP contribution in [0, 0.1) is 56.7 Å². The van der Waals surface area contributed by atoms with Gasteiger partial charge in [-0.3, -0.25) is 19.2 Å². The Hall–Kier alpha value is -1.93. The molecule has 1 aliphatic heterocycles. The number of carboxylic acids is 1. The summed E-state index contributed by atoms with van der Waals surface area (Å²) in [4.78, 5) is 52.5. The Morgan fingerprint density at radius 1 is 0.900 bits per heavy atom. The fourth-order valence-electron chi connectivity index (χ4n) is 13.0. The zero-order valence-electron chi connectivity index (χ0n) is 32.3. The molecule has 8 nitrogen and oxygen atoms in total. The van der Waals surface area contributed by atoms with Crippen LogP contribution in [0.2, 0.25) is 0 Å². The molecule has 3 N–H and O–H groups in total. The number of nitrogens with one attached hydrogen (secondary N) is 2. The summed E-state index contributed by atoms with van der Waals surface area (Å²) in [6.07, 6.45) is 9.62. The van der Waals surface area contributed by atoms with Crippen molar-refractivity contribution in [1.29, 1.82) is 0 Å². The fourth-order valence-corrected chi connectivity index (χ4v) is 13.0. The number of aliphatic carboxylic acids is 1. The standard InChI is InChI=1S/C41H64N2O6.ClH/c1-24(2)32-27(44)22-41(43-34(46)25-14-20-42-21-15-25)19-18-39(8)26(33(32)41)10-11-29-38(7)16-13-30(49-31(45)23-36(3,4)35(47)48)37(5,6)28(38)12-17-40(29,39)9;/h24-26,28-30,42H,10-23H2,1-9H3,(H,43,46)(H,47,48);1H/t26-,28+,29-,30+,38+,39-,40-,41-;/m1./s1. The van der Waals surface area contributed by atoms with Crippen LogP contribution in [0.5, 0.6) is 0 Å². The highest BCUT2D eigenvalue weighted by atomic mass is 35.5. The van der Waals surface area contributed by atoms with Crippen molar-refractivity contribution in [2.75, 3.05) is 13.1 Å². The van der Waals surface area contributed by atoms with Crippen LogP contribution < -0.4 is 10.6 Å². The van der Waals surface area contributed by atoms with Crippen molar-refractivity contribution in [3.63, 3.8) is 0 Å². The van der Waals surface area contributed by atoms with E-state index in [1.54, 1.807) is 13.8 Å². The molecule has 6 aliphatic rings. The van der Waals surface area contributed by atoms with Gasteiger partial charge in [0.1, 0.15) is 6.10 Å². The smallest absolute Gasteiger partial charge is 0.309 e. The molecule has 8 atom stereocenters. The van der Waals surface area contributed by atoms with Crippen LogP contribution in [0.15, 0.2) is 11.1 Å². The number of esters is 1. The first-order valence-corrected chi connectivity index (χ1v) is 19.5. The molecule has 0 radical (unpaired) electrons. The summed E-state index contributed by atoms with van der Waals surface area (Å²) in [7, 11) is 0. The zero-order valence-corrected chi connectivity index (χ0v) is 33.1. The third-order valence-corrected chi connectivity index (χ3v) is 15.9. The molecule has 0 spiro atoms. The molecule has 6 rings (SSSR count). The maximum absolute atomic E-state index is 13.9. The average molecular weight is 717 g/mol. The first-order valence-electron chi connectivity index (χ1n) is 19.5. The number of Topliss-reactive ketones (excluding diaryl/α,β-unsaturated/α-hetero) is 1. The maximum Gasteiger partial charge on any atom is 0.309 e. The van der Waals surface area contributed by atoms with Crippen LogP contribution in [0.25, 0.3) is 0 Å². The number of rotatable bonds is 7. The SMILES string of the molecule is CC(C)C1=C2[C@H]3CC[C@@H]4[C@@]5(C)CC[C@H](OC(=O)CC(C)(C)C(=O)O)C(C)(C)[C@@H]5CC[C@@]4(C)[C@]3(C)CC[C@@]2(NC(=O)C2CCNCC2)CC1=O.Cl. The number of ether oxygens (including phenoxy) is 1. The summed E-state index contributed by atoms with van der Waals surface area (Å²) in [6.45, 7) is 21.4. The minimum atomic E-state index is -1.16. The molecular formula is C41H65ClN2O6. The van der Waals surface area contributed by atoms with Gasteiger partial charge in [0, 0.05) is 17.8 Å². The summed E-state index contributed by atoms with van der Waals surface area (Å²) in [5.74, 6) is 0.251. The molecule has 9 heteroatoms. The summed E-state index contributed by atoms with van der Waals surface area (Å²) in [6, 6.07) is 0. The molecule has 1 amide bonds. The maximum atomic E-state index is 13.9. The average Bonchev–Trinajstić information content (AvgIpc) is 3.30.